The van der Waals surface area contributed by atoms with Gasteiger partial charge in [-0.05, 0) is 25.5 Å². The summed E-state index contributed by atoms with van der Waals surface area (Å²) in [6, 6.07) is 0. The van der Waals surface area contributed by atoms with Crippen molar-refractivity contribution >= 4 is 29.0 Å². The van der Waals surface area contributed by atoms with Crippen LogP contribution in [0.4, 0.5) is 0 Å². The first-order valence-corrected chi connectivity index (χ1v) is 7.12. The van der Waals surface area contributed by atoms with Crippen LogP contribution in [0.1, 0.15) is 26.2 Å². The molecule has 0 bridgehead atoms. The lowest BCUT2D eigenvalue weighted by Gasteiger charge is -2.26. The van der Waals surface area contributed by atoms with Crippen LogP contribution < -0.4 is 11.1 Å². The van der Waals surface area contributed by atoms with Crippen molar-refractivity contribution in [2.24, 2.45) is 11.1 Å². The van der Waals surface area contributed by atoms with Crippen LogP contribution in [0, 0.1) is 5.41 Å². The standard InChI is InChI=1S/C14H20Cl2N2O/c1-3-6-14(7-8-18-9-14)12(19)10(2)4-5-11(15)13(16)17/h4-5,18H,2-3,6-9,17H2,1H3/b5-4-,13-11+. The van der Waals surface area contributed by atoms with Gasteiger partial charge in [0.25, 0.3) is 0 Å². The molecule has 1 aliphatic heterocycles. The Hall–Kier alpha value is -0.770. The summed E-state index contributed by atoms with van der Waals surface area (Å²) in [5.41, 5.74) is 5.45. The number of hydrogen-bond acceptors (Lipinski definition) is 3. The van der Waals surface area contributed by atoms with E-state index in [1.807, 2.05) is 0 Å². The lowest BCUT2D eigenvalue weighted by atomic mass is 9.76. The average molecular weight is 303 g/mol. The first-order valence-electron chi connectivity index (χ1n) is 6.36. The van der Waals surface area contributed by atoms with Gasteiger partial charge in [-0.25, -0.2) is 0 Å². The number of carbonyl (C=O) groups is 1. The molecule has 19 heavy (non-hydrogen) atoms. The second-order valence-corrected chi connectivity index (χ2v) is 5.66. The number of Topliss-reactive ketones (excluding diaryl/α,β-unsaturated/α-hetero) is 1. The van der Waals surface area contributed by atoms with E-state index in [2.05, 4.69) is 18.8 Å². The van der Waals surface area contributed by atoms with E-state index >= 15 is 0 Å². The number of halogens is 2. The number of carbonyl (C=O) groups excluding carboxylic acids is 1. The summed E-state index contributed by atoms with van der Waals surface area (Å²) in [6.07, 6.45) is 5.78. The van der Waals surface area contributed by atoms with Crippen molar-refractivity contribution in [2.45, 2.75) is 26.2 Å². The lowest BCUT2D eigenvalue weighted by molar-refractivity contribution is -0.124. The maximum atomic E-state index is 12.5. The van der Waals surface area contributed by atoms with Crippen LogP contribution in [0.3, 0.4) is 0 Å². The summed E-state index contributed by atoms with van der Waals surface area (Å²) < 4.78 is 0. The maximum Gasteiger partial charge on any atom is 0.169 e. The Labute approximate surface area is 124 Å². The molecule has 0 aromatic carbocycles. The Kier molecular flexibility index (Phi) is 6.11. The predicted octanol–water partition coefficient (Wildman–Crippen LogP) is 3.05. The minimum absolute atomic E-state index is 0.00368. The molecule has 1 rings (SSSR count). The molecule has 0 radical (unpaired) electrons. The first kappa shape index (κ1) is 16.3. The minimum Gasteiger partial charge on any atom is -0.388 e. The van der Waals surface area contributed by atoms with Crippen LogP contribution in [0.25, 0.3) is 0 Å². The van der Waals surface area contributed by atoms with Crippen LogP contribution in [0.5, 0.6) is 0 Å². The van der Waals surface area contributed by atoms with Gasteiger partial charge in [0.15, 0.2) is 5.78 Å². The predicted molar refractivity (Wildman–Crippen MR) is 81.0 cm³/mol. The van der Waals surface area contributed by atoms with E-state index in [9.17, 15) is 4.79 Å². The Bertz CT molecular complexity index is 417. The molecule has 0 spiro atoms. The van der Waals surface area contributed by atoms with Crippen molar-refractivity contribution in [3.05, 3.63) is 34.5 Å². The number of nitrogens with one attached hydrogen (secondary N) is 1. The summed E-state index contributed by atoms with van der Waals surface area (Å²) in [4.78, 5) is 12.5. The number of rotatable bonds is 6. The molecule has 3 nitrogen and oxygen atoms in total. The third kappa shape index (κ3) is 4.10. The van der Waals surface area contributed by atoms with Gasteiger partial charge in [-0.1, -0.05) is 49.2 Å². The van der Waals surface area contributed by atoms with Gasteiger partial charge in [0.1, 0.15) is 5.16 Å². The molecule has 1 aliphatic rings. The van der Waals surface area contributed by atoms with Gasteiger partial charge in [0, 0.05) is 17.5 Å². The maximum absolute atomic E-state index is 12.5. The van der Waals surface area contributed by atoms with Gasteiger partial charge in [0.2, 0.25) is 0 Å². The molecule has 1 fully saturated rings. The number of allylic oxidation sites excluding steroid dienone is 4. The highest BCUT2D eigenvalue weighted by Gasteiger charge is 2.40. The van der Waals surface area contributed by atoms with Crippen molar-refractivity contribution in [1.82, 2.24) is 5.32 Å². The molecule has 1 unspecified atom stereocenters. The van der Waals surface area contributed by atoms with Crippen molar-refractivity contribution < 1.29 is 4.79 Å². The fourth-order valence-electron chi connectivity index (χ4n) is 2.41. The van der Waals surface area contributed by atoms with Crippen molar-refractivity contribution in [3.8, 4) is 0 Å². The second-order valence-electron chi connectivity index (χ2n) is 4.84. The summed E-state index contributed by atoms with van der Waals surface area (Å²) in [5.74, 6) is 0.0770. The number of hydrogen-bond donors (Lipinski definition) is 2. The van der Waals surface area contributed by atoms with Crippen LogP contribution in [0.15, 0.2) is 34.5 Å². The number of nitrogens with two attached hydrogens (primary N) is 1. The number of ketones is 1. The minimum atomic E-state index is -0.321. The molecule has 1 saturated heterocycles. The molecule has 0 aromatic heterocycles. The van der Waals surface area contributed by atoms with E-state index in [0.717, 1.165) is 25.8 Å². The van der Waals surface area contributed by atoms with E-state index in [1.54, 1.807) is 6.08 Å². The van der Waals surface area contributed by atoms with E-state index < -0.39 is 0 Å². The quantitative estimate of drug-likeness (QED) is 0.450. The zero-order valence-corrected chi connectivity index (χ0v) is 12.7. The average Bonchev–Trinajstić information content (AvgIpc) is 2.84. The van der Waals surface area contributed by atoms with Crippen LogP contribution >= 0.6 is 23.2 Å². The normalized spacial score (nSPS) is 24.6. The lowest BCUT2D eigenvalue weighted by Crippen LogP contribution is -2.34. The van der Waals surface area contributed by atoms with Crippen molar-refractivity contribution in [3.63, 3.8) is 0 Å². The zero-order valence-electron chi connectivity index (χ0n) is 11.1. The van der Waals surface area contributed by atoms with Crippen molar-refractivity contribution in [1.29, 1.82) is 0 Å². The highest BCUT2D eigenvalue weighted by molar-refractivity contribution is 6.39. The fourth-order valence-corrected chi connectivity index (χ4v) is 2.54. The molecule has 5 heteroatoms. The van der Waals surface area contributed by atoms with E-state index in [4.69, 9.17) is 28.9 Å². The summed E-state index contributed by atoms with van der Waals surface area (Å²) >= 11 is 11.3. The highest BCUT2D eigenvalue weighted by atomic mass is 35.5. The van der Waals surface area contributed by atoms with Gasteiger partial charge in [-0.15, -0.1) is 0 Å². The van der Waals surface area contributed by atoms with Gasteiger partial charge in [-0.3, -0.25) is 4.79 Å². The summed E-state index contributed by atoms with van der Waals surface area (Å²) in [6.45, 7) is 7.50. The largest absolute Gasteiger partial charge is 0.388 e. The molecule has 1 heterocycles. The van der Waals surface area contributed by atoms with Crippen LogP contribution in [-0.2, 0) is 4.79 Å². The highest BCUT2D eigenvalue weighted by Crippen LogP contribution is 2.34. The molecular formula is C14H20Cl2N2O. The summed E-state index contributed by atoms with van der Waals surface area (Å²) in [5, 5.41) is 3.47. The SMILES string of the molecule is C=C(/C=C\C(Cl)=C(/N)Cl)C(=O)C1(CCC)CCNC1. The molecule has 0 aromatic rings. The van der Waals surface area contributed by atoms with Gasteiger partial charge in [-0.2, -0.15) is 0 Å². The van der Waals surface area contributed by atoms with Crippen molar-refractivity contribution in [2.75, 3.05) is 13.1 Å². The molecule has 0 amide bonds. The monoisotopic (exact) mass is 302 g/mol. The first-order chi connectivity index (χ1) is 8.93. The Morgan fingerprint density at radius 1 is 1.47 bits per heavy atom. The van der Waals surface area contributed by atoms with Gasteiger partial charge in [0.05, 0.1) is 5.03 Å². The smallest absolute Gasteiger partial charge is 0.169 e. The van der Waals surface area contributed by atoms with Crippen LogP contribution in [0.2, 0.25) is 0 Å². The van der Waals surface area contributed by atoms with E-state index in [1.165, 1.54) is 6.08 Å². The molecule has 106 valence electrons. The fraction of sp³-hybridized carbons (Fsp3) is 0.500. The summed E-state index contributed by atoms with van der Waals surface area (Å²) in [7, 11) is 0. The second kappa shape index (κ2) is 7.13. The van der Waals surface area contributed by atoms with Gasteiger partial charge < -0.3 is 11.1 Å². The molecule has 0 aliphatic carbocycles. The topological polar surface area (TPSA) is 55.1 Å². The Morgan fingerprint density at radius 2 is 2.16 bits per heavy atom. The van der Waals surface area contributed by atoms with Crippen LogP contribution in [-0.4, -0.2) is 18.9 Å². The third-order valence-corrected chi connectivity index (χ3v) is 4.03. The third-order valence-electron chi connectivity index (χ3n) is 3.40. The molecule has 0 saturated carbocycles. The zero-order chi connectivity index (χ0) is 14.5. The Morgan fingerprint density at radius 3 is 2.63 bits per heavy atom. The molecular weight excluding hydrogens is 283 g/mol. The molecule has 1 atom stereocenters. The molecule has 3 N–H and O–H groups in total. The Balaban J connectivity index is 2.81. The van der Waals surface area contributed by atoms with E-state index in [-0.39, 0.29) is 21.4 Å². The van der Waals surface area contributed by atoms with Gasteiger partial charge >= 0.3 is 0 Å². The van der Waals surface area contributed by atoms with E-state index in [0.29, 0.717) is 12.1 Å².